The monoisotopic (exact) mass is 388 g/mol. The van der Waals surface area contributed by atoms with E-state index in [-0.39, 0.29) is 0 Å². The molecule has 2 aromatic heterocycles. The summed E-state index contributed by atoms with van der Waals surface area (Å²) >= 11 is 0. The third-order valence-electron chi connectivity index (χ3n) is 5.92. The molecule has 0 aliphatic heterocycles. The van der Waals surface area contributed by atoms with Crippen molar-refractivity contribution in [1.82, 2.24) is 4.57 Å². The number of rotatable bonds is 2. The van der Waals surface area contributed by atoms with Crippen molar-refractivity contribution in [2.24, 2.45) is 7.05 Å². The van der Waals surface area contributed by atoms with Gasteiger partial charge in [-0.1, -0.05) is 42.5 Å². The van der Waals surface area contributed by atoms with Crippen LogP contribution in [0.2, 0.25) is 0 Å². The van der Waals surface area contributed by atoms with E-state index in [1.807, 2.05) is 12.1 Å². The lowest BCUT2D eigenvalue weighted by atomic mass is 9.99. The summed E-state index contributed by atoms with van der Waals surface area (Å²) in [6, 6.07) is 23.0. The normalized spacial score (nSPS) is 11.1. The number of hydrogen-bond donors (Lipinski definition) is 0. The summed E-state index contributed by atoms with van der Waals surface area (Å²) in [5.74, 6) is 0. The summed E-state index contributed by atoms with van der Waals surface area (Å²) in [5.41, 5.74) is 6.25. The van der Waals surface area contributed by atoms with E-state index >= 15 is 0 Å². The molecule has 3 nitrogen and oxygen atoms in total. The quantitative estimate of drug-likeness (QED) is 0.244. The first-order chi connectivity index (χ1) is 14.6. The van der Waals surface area contributed by atoms with Crippen molar-refractivity contribution in [3.8, 4) is 16.9 Å². The molecule has 0 unspecified atom stereocenters. The highest BCUT2D eigenvalue weighted by molar-refractivity contribution is 5.97. The summed E-state index contributed by atoms with van der Waals surface area (Å²) in [5, 5.41) is 4.82. The zero-order valence-electron chi connectivity index (χ0n) is 17.3. The highest BCUT2D eigenvalue weighted by Crippen LogP contribution is 2.36. The summed E-state index contributed by atoms with van der Waals surface area (Å²) in [6.45, 7) is 12.0. The van der Waals surface area contributed by atoms with Gasteiger partial charge in [-0.2, -0.15) is 4.57 Å². The molecule has 0 aliphatic carbocycles. The Bertz CT molecular complexity index is 1480. The molecule has 144 valence electrons. The summed E-state index contributed by atoms with van der Waals surface area (Å²) in [4.78, 5) is 3.80. The van der Waals surface area contributed by atoms with Crippen LogP contribution < -0.4 is 4.57 Å². The van der Waals surface area contributed by atoms with E-state index in [1.54, 1.807) is 0 Å². The van der Waals surface area contributed by atoms with Gasteiger partial charge in [0.2, 0.25) is 5.69 Å². The second-order valence-corrected chi connectivity index (χ2v) is 7.84. The average Bonchev–Trinajstić information content (AvgIpc) is 3.09. The zero-order valence-corrected chi connectivity index (χ0v) is 17.3. The van der Waals surface area contributed by atoms with E-state index in [0.717, 1.165) is 28.2 Å². The minimum Gasteiger partial charge on any atom is -0.349 e. The smallest absolute Gasteiger partial charge is 0.204 e. The molecule has 0 aliphatic rings. The average molecular weight is 388 g/mol. The molecule has 0 saturated carbocycles. The van der Waals surface area contributed by atoms with Crippen molar-refractivity contribution >= 4 is 27.2 Å². The largest absolute Gasteiger partial charge is 0.349 e. The topological polar surface area (TPSA) is 13.2 Å². The summed E-state index contributed by atoms with van der Waals surface area (Å²) in [7, 11) is 2.08. The fraction of sp³-hybridized carbons (Fsp3) is 0.111. The van der Waals surface area contributed by atoms with E-state index in [4.69, 9.17) is 6.57 Å². The minimum absolute atomic E-state index is 0.649. The molecule has 5 rings (SSSR count). The van der Waals surface area contributed by atoms with E-state index < -0.39 is 0 Å². The first-order valence-electron chi connectivity index (χ1n) is 10.0. The van der Waals surface area contributed by atoms with Gasteiger partial charge in [0.25, 0.3) is 0 Å². The molecule has 0 N–H and O–H groups in total. The summed E-state index contributed by atoms with van der Waals surface area (Å²) < 4.78 is 4.38. The predicted molar refractivity (Wildman–Crippen MR) is 123 cm³/mol. The number of pyridine rings is 1. The van der Waals surface area contributed by atoms with Crippen LogP contribution in [0.3, 0.4) is 0 Å². The van der Waals surface area contributed by atoms with Crippen molar-refractivity contribution in [1.29, 1.82) is 0 Å². The molecule has 3 heteroatoms. The first-order valence-corrected chi connectivity index (χ1v) is 10.0. The Morgan fingerprint density at radius 1 is 0.867 bits per heavy atom. The van der Waals surface area contributed by atoms with Crippen molar-refractivity contribution in [3.05, 3.63) is 102 Å². The van der Waals surface area contributed by atoms with Gasteiger partial charge in [-0.25, -0.2) is 4.85 Å². The Kier molecular flexibility index (Phi) is 4.15. The van der Waals surface area contributed by atoms with Gasteiger partial charge in [0.15, 0.2) is 17.6 Å². The second kappa shape index (κ2) is 6.86. The molecule has 0 spiro atoms. The maximum atomic E-state index is 7.71. The molecule has 0 bridgehead atoms. The molecule has 3 aromatic carbocycles. The predicted octanol–water partition coefficient (Wildman–Crippen LogP) is 6.44. The number of aromatic nitrogens is 2. The lowest BCUT2D eigenvalue weighted by molar-refractivity contribution is -0.601. The van der Waals surface area contributed by atoms with Crippen LogP contribution in [0.15, 0.2) is 79.1 Å². The van der Waals surface area contributed by atoms with Crippen LogP contribution in [0.25, 0.3) is 43.3 Å². The van der Waals surface area contributed by atoms with Gasteiger partial charge in [0, 0.05) is 48.6 Å². The van der Waals surface area contributed by atoms with Crippen LogP contribution in [0.5, 0.6) is 0 Å². The Morgan fingerprint density at radius 3 is 2.33 bits per heavy atom. The lowest BCUT2D eigenvalue weighted by Crippen LogP contribution is -2.34. The SMILES string of the molecule is [C-]#[N+]c1cc(-c2c3ccccc3cn2C)c(C)c(-[n+]2cc3ccccc3cc2C)c1. The third-order valence-corrected chi connectivity index (χ3v) is 5.92. The Balaban J connectivity index is 1.83. The van der Waals surface area contributed by atoms with Crippen molar-refractivity contribution in [2.45, 2.75) is 13.8 Å². The van der Waals surface area contributed by atoms with E-state index in [1.165, 1.54) is 21.5 Å². The molecule has 2 heterocycles. The Morgan fingerprint density at radius 2 is 1.57 bits per heavy atom. The molecule has 5 aromatic rings. The van der Waals surface area contributed by atoms with Gasteiger partial charge in [-0.3, -0.25) is 0 Å². The van der Waals surface area contributed by atoms with Crippen LogP contribution in [0.4, 0.5) is 5.69 Å². The number of benzene rings is 3. The molecule has 30 heavy (non-hydrogen) atoms. The van der Waals surface area contributed by atoms with Crippen molar-refractivity contribution in [3.63, 3.8) is 0 Å². The molecular formula is C27H22N3+. The van der Waals surface area contributed by atoms with Gasteiger partial charge in [-0.05, 0) is 35.4 Å². The van der Waals surface area contributed by atoms with Crippen LogP contribution >= 0.6 is 0 Å². The maximum Gasteiger partial charge on any atom is 0.204 e. The lowest BCUT2D eigenvalue weighted by Gasteiger charge is -2.12. The number of fused-ring (bicyclic) bond motifs is 2. The molecule has 0 fully saturated rings. The summed E-state index contributed by atoms with van der Waals surface area (Å²) in [6.07, 6.45) is 4.33. The highest BCUT2D eigenvalue weighted by atomic mass is 15.0. The number of nitrogens with zero attached hydrogens (tertiary/aromatic N) is 3. The number of hydrogen-bond acceptors (Lipinski definition) is 0. The maximum absolute atomic E-state index is 7.71. The fourth-order valence-corrected chi connectivity index (χ4v) is 4.42. The third kappa shape index (κ3) is 2.77. The molecule has 0 atom stereocenters. The zero-order chi connectivity index (χ0) is 20.8. The van der Waals surface area contributed by atoms with Crippen LogP contribution in [-0.2, 0) is 7.05 Å². The fourth-order valence-electron chi connectivity index (χ4n) is 4.42. The first kappa shape index (κ1) is 18.1. The van der Waals surface area contributed by atoms with Gasteiger partial charge < -0.3 is 4.57 Å². The minimum atomic E-state index is 0.649. The van der Waals surface area contributed by atoms with Crippen LogP contribution in [0.1, 0.15) is 11.3 Å². The van der Waals surface area contributed by atoms with Gasteiger partial charge in [0.1, 0.15) is 0 Å². The molecule has 0 radical (unpaired) electrons. The highest BCUT2D eigenvalue weighted by Gasteiger charge is 2.21. The molecular weight excluding hydrogens is 366 g/mol. The van der Waals surface area contributed by atoms with Crippen LogP contribution in [-0.4, -0.2) is 4.57 Å². The van der Waals surface area contributed by atoms with E-state index in [2.05, 4.69) is 102 Å². The molecule has 0 saturated heterocycles. The molecule has 0 amide bonds. The van der Waals surface area contributed by atoms with Gasteiger partial charge >= 0.3 is 0 Å². The Labute approximate surface area is 176 Å². The van der Waals surface area contributed by atoms with E-state index in [9.17, 15) is 0 Å². The van der Waals surface area contributed by atoms with Crippen molar-refractivity contribution in [2.75, 3.05) is 0 Å². The van der Waals surface area contributed by atoms with Gasteiger partial charge in [0.05, 0.1) is 12.3 Å². The van der Waals surface area contributed by atoms with E-state index in [0.29, 0.717) is 5.69 Å². The number of aryl methyl sites for hydroxylation is 2. The standard InChI is InChI=1S/C27H22N3/c1-18-13-20-9-5-6-10-21(20)17-30(18)26-15-23(28-3)14-25(19(26)2)27-24-12-8-7-11-22(24)16-29(27)4/h5-17H,1-2,4H3/q+1. The Hall–Kier alpha value is -3.90. The second-order valence-electron chi connectivity index (χ2n) is 7.84. The van der Waals surface area contributed by atoms with Gasteiger partial charge in [-0.15, -0.1) is 0 Å². The van der Waals surface area contributed by atoms with Crippen LogP contribution in [0, 0.1) is 20.4 Å². The van der Waals surface area contributed by atoms with Crippen molar-refractivity contribution < 1.29 is 4.57 Å².